The van der Waals surface area contributed by atoms with Gasteiger partial charge in [-0.2, -0.15) is 13.2 Å². The van der Waals surface area contributed by atoms with Crippen LogP contribution in [0.25, 0.3) is 0 Å². The van der Waals surface area contributed by atoms with Gasteiger partial charge >= 0.3 is 5.51 Å². The number of rotatable bonds is 8. The number of hydrogen-bond acceptors (Lipinski definition) is 2. The monoisotopic (exact) mass is 255 g/mol. The first kappa shape index (κ1) is 15.8. The quantitative estimate of drug-likeness (QED) is 0.522. The zero-order valence-electron chi connectivity index (χ0n) is 9.86. The number of thioether (sulfide) groups is 1. The predicted molar refractivity (Wildman–Crippen MR) is 64.6 cm³/mol. The van der Waals surface area contributed by atoms with Crippen LogP contribution in [0.1, 0.15) is 26.7 Å². The Balaban J connectivity index is 3.92. The van der Waals surface area contributed by atoms with Gasteiger partial charge in [-0.05, 0) is 24.8 Å². The van der Waals surface area contributed by atoms with Crippen molar-refractivity contribution in [2.24, 2.45) is 5.41 Å². The molecule has 1 N–H and O–H groups in total. The molecule has 0 fully saturated rings. The number of hydrogen-bond donors (Lipinski definition) is 1. The summed E-state index contributed by atoms with van der Waals surface area (Å²) in [5, 5.41) is 3.21. The van der Waals surface area contributed by atoms with Crippen molar-refractivity contribution in [2.45, 2.75) is 32.2 Å². The summed E-state index contributed by atoms with van der Waals surface area (Å²) in [6.07, 6.45) is 3.24. The number of nitrogens with one attached hydrogen (secondary N) is 1. The van der Waals surface area contributed by atoms with Crippen LogP contribution < -0.4 is 5.32 Å². The molecular formula is C11H20F3NS. The van der Waals surface area contributed by atoms with E-state index in [0.717, 1.165) is 13.0 Å². The normalized spacial score (nSPS) is 15.8. The fourth-order valence-corrected chi connectivity index (χ4v) is 2.01. The van der Waals surface area contributed by atoms with E-state index in [4.69, 9.17) is 0 Å². The van der Waals surface area contributed by atoms with E-state index in [2.05, 4.69) is 18.8 Å². The summed E-state index contributed by atoms with van der Waals surface area (Å²) in [5.74, 6) is 0.0832. The van der Waals surface area contributed by atoms with Crippen molar-refractivity contribution < 1.29 is 13.2 Å². The highest BCUT2D eigenvalue weighted by Gasteiger charge is 2.29. The van der Waals surface area contributed by atoms with Crippen LogP contribution in [-0.4, -0.2) is 24.4 Å². The molecule has 0 aliphatic carbocycles. The standard InChI is InChI=1S/C11H20F3NS/c1-4-7-15-9-10(3,5-2)6-8-16-11(12,13)14/h5,15H,2,4,6-9H2,1,3H3. The Morgan fingerprint density at radius 3 is 2.44 bits per heavy atom. The summed E-state index contributed by atoms with van der Waals surface area (Å²) in [6.45, 7) is 9.25. The van der Waals surface area contributed by atoms with Gasteiger partial charge in [0.05, 0.1) is 0 Å². The summed E-state index contributed by atoms with van der Waals surface area (Å²) < 4.78 is 35.9. The van der Waals surface area contributed by atoms with Crippen LogP contribution >= 0.6 is 11.8 Å². The van der Waals surface area contributed by atoms with Crippen molar-refractivity contribution >= 4 is 11.8 Å². The van der Waals surface area contributed by atoms with Crippen molar-refractivity contribution in [3.8, 4) is 0 Å². The fraction of sp³-hybridized carbons (Fsp3) is 0.818. The first-order chi connectivity index (χ1) is 7.33. The van der Waals surface area contributed by atoms with Gasteiger partial charge in [0.1, 0.15) is 0 Å². The smallest absolute Gasteiger partial charge is 0.316 e. The molecule has 0 aliphatic heterocycles. The average molecular weight is 255 g/mol. The van der Waals surface area contributed by atoms with Crippen molar-refractivity contribution in [3.63, 3.8) is 0 Å². The minimum Gasteiger partial charge on any atom is -0.316 e. The van der Waals surface area contributed by atoms with E-state index < -0.39 is 5.51 Å². The minimum absolute atomic E-state index is 0.0395. The third kappa shape index (κ3) is 8.05. The molecule has 5 heteroatoms. The lowest BCUT2D eigenvalue weighted by Crippen LogP contribution is -2.31. The molecule has 0 aromatic carbocycles. The molecule has 0 amide bonds. The molecule has 0 rings (SSSR count). The van der Waals surface area contributed by atoms with Crippen LogP contribution in [0.2, 0.25) is 0 Å². The second-order valence-corrected chi connectivity index (χ2v) is 5.24. The Bertz CT molecular complexity index is 206. The Morgan fingerprint density at radius 1 is 1.38 bits per heavy atom. The molecule has 0 spiro atoms. The molecule has 1 unspecified atom stereocenters. The molecule has 0 aliphatic rings. The predicted octanol–water partition coefficient (Wildman–Crippen LogP) is 3.82. The maximum Gasteiger partial charge on any atom is 0.441 e. The molecule has 0 aromatic heterocycles. The fourth-order valence-electron chi connectivity index (χ4n) is 1.21. The molecular weight excluding hydrogens is 235 g/mol. The summed E-state index contributed by atoms with van der Waals surface area (Å²) >= 11 is 0.0395. The van der Waals surface area contributed by atoms with E-state index in [1.807, 2.05) is 6.92 Å². The summed E-state index contributed by atoms with van der Waals surface area (Å²) in [4.78, 5) is 0. The third-order valence-electron chi connectivity index (χ3n) is 2.39. The topological polar surface area (TPSA) is 12.0 Å². The van der Waals surface area contributed by atoms with Gasteiger partial charge in [0.15, 0.2) is 0 Å². The molecule has 0 radical (unpaired) electrons. The Labute approximate surface area is 99.9 Å². The Morgan fingerprint density at radius 2 is 2.00 bits per heavy atom. The van der Waals surface area contributed by atoms with Gasteiger partial charge < -0.3 is 5.32 Å². The number of halogens is 3. The molecule has 96 valence electrons. The van der Waals surface area contributed by atoms with Gasteiger partial charge in [0.25, 0.3) is 0 Å². The second kappa shape index (κ2) is 7.22. The van der Waals surface area contributed by atoms with Crippen molar-refractivity contribution in [1.29, 1.82) is 0 Å². The molecule has 16 heavy (non-hydrogen) atoms. The highest BCUT2D eigenvalue weighted by molar-refractivity contribution is 8.00. The maximum absolute atomic E-state index is 12.0. The lowest BCUT2D eigenvalue weighted by molar-refractivity contribution is -0.0328. The minimum atomic E-state index is -4.13. The molecule has 0 saturated heterocycles. The van der Waals surface area contributed by atoms with E-state index in [9.17, 15) is 13.2 Å². The van der Waals surface area contributed by atoms with Gasteiger partial charge in [-0.1, -0.05) is 31.7 Å². The summed E-state index contributed by atoms with van der Waals surface area (Å²) in [7, 11) is 0. The lowest BCUT2D eigenvalue weighted by Gasteiger charge is -2.26. The molecule has 1 atom stereocenters. The van der Waals surface area contributed by atoms with Crippen molar-refractivity contribution in [1.82, 2.24) is 5.32 Å². The van der Waals surface area contributed by atoms with Gasteiger partial charge in [0, 0.05) is 12.3 Å². The van der Waals surface area contributed by atoms with E-state index in [1.54, 1.807) is 6.08 Å². The van der Waals surface area contributed by atoms with Crippen LogP contribution in [0.4, 0.5) is 13.2 Å². The number of alkyl halides is 3. The average Bonchev–Trinajstić information content (AvgIpc) is 2.16. The van der Waals surface area contributed by atoms with E-state index in [0.29, 0.717) is 13.0 Å². The highest BCUT2D eigenvalue weighted by Crippen LogP contribution is 2.33. The SMILES string of the molecule is C=CC(C)(CCSC(F)(F)F)CNCCC. The molecule has 0 aromatic rings. The van der Waals surface area contributed by atoms with Crippen LogP contribution in [0.15, 0.2) is 12.7 Å². The van der Waals surface area contributed by atoms with E-state index in [1.165, 1.54) is 0 Å². The van der Waals surface area contributed by atoms with Crippen LogP contribution in [0.5, 0.6) is 0 Å². The van der Waals surface area contributed by atoms with E-state index in [-0.39, 0.29) is 22.9 Å². The van der Waals surface area contributed by atoms with Crippen molar-refractivity contribution in [3.05, 3.63) is 12.7 Å². The van der Waals surface area contributed by atoms with Crippen LogP contribution in [0.3, 0.4) is 0 Å². The van der Waals surface area contributed by atoms with Gasteiger partial charge in [0.2, 0.25) is 0 Å². The first-order valence-corrected chi connectivity index (χ1v) is 6.36. The van der Waals surface area contributed by atoms with Crippen LogP contribution in [0, 0.1) is 5.41 Å². The third-order valence-corrected chi connectivity index (χ3v) is 3.12. The summed E-state index contributed by atoms with van der Waals surface area (Å²) in [5.41, 5.74) is -4.38. The summed E-state index contributed by atoms with van der Waals surface area (Å²) in [6, 6.07) is 0. The lowest BCUT2D eigenvalue weighted by atomic mass is 9.88. The van der Waals surface area contributed by atoms with Gasteiger partial charge in [-0.25, -0.2) is 0 Å². The second-order valence-electron chi connectivity index (χ2n) is 4.08. The van der Waals surface area contributed by atoms with Gasteiger partial charge in [-0.3, -0.25) is 0 Å². The first-order valence-electron chi connectivity index (χ1n) is 5.38. The zero-order valence-corrected chi connectivity index (χ0v) is 10.7. The largest absolute Gasteiger partial charge is 0.441 e. The van der Waals surface area contributed by atoms with Gasteiger partial charge in [-0.15, -0.1) is 6.58 Å². The maximum atomic E-state index is 12.0. The molecule has 1 nitrogen and oxygen atoms in total. The van der Waals surface area contributed by atoms with Crippen LogP contribution in [-0.2, 0) is 0 Å². The molecule has 0 heterocycles. The highest BCUT2D eigenvalue weighted by atomic mass is 32.2. The molecule has 0 bridgehead atoms. The Hall–Kier alpha value is -0.160. The van der Waals surface area contributed by atoms with E-state index >= 15 is 0 Å². The van der Waals surface area contributed by atoms with Crippen molar-refractivity contribution in [2.75, 3.05) is 18.8 Å². The Kier molecular flexibility index (Phi) is 7.15. The zero-order chi connectivity index (χ0) is 12.7. The molecule has 0 saturated carbocycles.